The average Bonchev–Trinajstić information content (AvgIpc) is 2.85. The minimum atomic E-state index is -0.0902. The largest absolute Gasteiger partial charge is 0.464 e. The summed E-state index contributed by atoms with van der Waals surface area (Å²) in [5.74, 6) is 2.39. The molecule has 0 bridgehead atoms. The summed E-state index contributed by atoms with van der Waals surface area (Å²) in [5.41, 5.74) is 0.641. The van der Waals surface area contributed by atoms with Crippen molar-refractivity contribution in [1.29, 1.82) is 0 Å². The van der Waals surface area contributed by atoms with Gasteiger partial charge < -0.3 is 4.42 Å². The van der Waals surface area contributed by atoms with E-state index < -0.39 is 0 Å². The van der Waals surface area contributed by atoms with Crippen molar-refractivity contribution >= 4 is 6.29 Å². The zero-order chi connectivity index (χ0) is 11.8. The Labute approximate surface area is 97.0 Å². The lowest BCUT2D eigenvalue weighted by molar-refractivity contribution is 0.111. The first-order valence-corrected chi connectivity index (χ1v) is 6.12. The van der Waals surface area contributed by atoms with Crippen molar-refractivity contribution in [2.75, 3.05) is 0 Å². The lowest BCUT2D eigenvalue weighted by atomic mass is 9.91. The van der Waals surface area contributed by atoms with E-state index >= 15 is 0 Å². The van der Waals surface area contributed by atoms with Gasteiger partial charge in [-0.2, -0.15) is 0 Å². The zero-order valence-electron chi connectivity index (χ0n) is 10.4. The molecule has 2 rings (SSSR count). The van der Waals surface area contributed by atoms with Crippen LogP contribution >= 0.6 is 0 Å². The number of carbonyl (C=O) groups excluding carboxylic acids is 1. The van der Waals surface area contributed by atoms with Crippen LogP contribution in [-0.2, 0) is 5.41 Å². The van der Waals surface area contributed by atoms with Crippen LogP contribution in [0.25, 0.3) is 0 Å². The molecule has 0 amide bonds. The van der Waals surface area contributed by atoms with E-state index in [2.05, 4.69) is 20.8 Å². The van der Waals surface area contributed by atoms with E-state index in [-0.39, 0.29) is 5.41 Å². The fourth-order valence-electron chi connectivity index (χ4n) is 2.51. The number of hydrogen-bond acceptors (Lipinski definition) is 2. The van der Waals surface area contributed by atoms with Crippen LogP contribution in [0.4, 0.5) is 0 Å². The van der Waals surface area contributed by atoms with Gasteiger partial charge in [-0.1, -0.05) is 33.6 Å². The molecule has 0 atom stereocenters. The third-order valence-electron chi connectivity index (χ3n) is 3.35. The van der Waals surface area contributed by atoms with E-state index in [1.807, 2.05) is 6.07 Å². The molecular formula is C14H20O2. The molecule has 1 aliphatic rings. The van der Waals surface area contributed by atoms with Crippen molar-refractivity contribution in [2.45, 2.75) is 57.8 Å². The molecule has 88 valence electrons. The Hall–Kier alpha value is -1.05. The van der Waals surface area contributed by atoms with Crippen molar-refractivity contribution in [2.24, 2.45) is 0 Å². The highest BCUT2D eigenvalue weighted by Crippen LogP contribution is 2.38. The minimum Gasteiger partial charge on any atom is -0.464 e. The van der Waals surface area contributed by atoms with Crippen LogP contribution in [0.3, 0.4) is 0 Å². The Morgan fingerprint density at radius 2 is 1.94 bits per heavy atom. The van der Waals surface area contributed by atoms with E-state index in [4.69, 9.17) is 4.42 Å². The second-order valence-corrected chi connectivity index (χ2v) is 5.78. The van der Waals surface area contributed by atoms with Crippen molar-refractivity contribution < 1.29 is 9.21 Å². The summed E-state index contributed by atoms with van der Waals surface area (Å²) < 4.78 is 5.92. The molecule has 1 aromatic rings. The maximum absolute atomic E-state index is 11.0. The van der Waals surface area contributed by atoms with E-state index in [9.17, 15) is 4.79 Å². The van der Waals surface area contributed by atoms with E-state index in [1.54, 1.807) is 0 Å². The second kappa shape index (κ2) is 4.08. The first-order chi connectivity index (χ1) is 7.52. The molecule has 1 aliphatic carbocycles. The average molecular weight is 220 g/mol. The smallest absolute Gasteiger partial charge is 0.153 e. The normalized spacial score (nSPS) is 17.9. The molecule has 0 radical (unpaired) electrons. The summed E-state index contributed by atoms with van der Waals surface area (Å²) >= 11 is 0. The van der Waals surface area contributed by atoms with Crippen LogP contribution in [-0.4, -0.2) is 6.29 Å². The van der Waals surface area contributed by atoms with Gasteiger partial charge in [0.25, 0.3) is 0 Å². The van der Waals surface area contributed by atoms with Crippen LogP contribution in [0, 0.1) is 0 Å². The predicted molar refractivity (Wildman–Crippen MR) is 64.0 cm³/mol. The quantitative estimate of drug-likeness (QED) is 0.704. The van der Waals surface area contributed by atoms with Crippen molar-refractivity contribution in [1.82, 2.24) is 0 Å². The van der Waals surface area contributed by atoms with Crippen LogP contribution < -0.4 is 0 Å². The van der Waals surface area contributed by atoms with Gasteiger partial charge in [-0.05, 0) is 18.9 Å². The summed E-state index contributed by atoms with van der Waals surface area (Å²) in [6.45, 7) is 6.24. The van der Waals surface area contributed by atoms with Gasteiger partial charge in [0, 0.05) is 11.3 Å². The summed E-state index contributed by atoms with van der Waals surface area (Å²) in [6, 6.07) is 1.95. The molecule has 0 aliphatic heterocycles. The highest BCUT2D eigenvalue weighted by atomic mass is 16.3. The van der Waals surface area contributed by atoms with Gasteiger partial charge in [-0.3, -0.25) is 4.79 Å². The highest BCUT2D eigenvalue weighted by molar-refractivity contribution is 5.77. The minimum absolute atomic E-state index is 0.0902. The molecule has 2 heteroatoms. The number of furan rings is 1. The predicted octanol–water partition coefficient (Wildman–Crippen LogP) is 4.05. The molecule has 0 N–H and O–H groups in total. The molecule has 0 unspecified atom stereocenters. The lowest BCUT2D eigenvalue weighted by Crippen LogP contribution is -2.11. The maximum Gasteiger partial charge on any atom is 0.153 e. The molecule has 0 spiro atoms. The molecule has 1 fully saturated rings. The SMILES string of the molecule is CC(C)(C)c1oc(C2CCCC2)cc1C=O. The van der Waals surface area contributed by atoms with Gasteiger partial charge in [-0.25, -0.2) is 0 Å². The standard InChI is InChI=1S/C14H20O2/c1-14(2,3)13-11(9-15)8-12(16-13)10-6-4-5-7-10/h8-10H,4-7H2,1-3H3. The second-order valence-electron chi connectivity index (χ2n) is 5.78. The number of hydrogen-bond donors (Lipinski definition) is 0. The summed E-state index contributed by atoms with van der Waals surface area (Å²) in [6.07, 6.45) is 5.90. The van der Waals surface area contributed by atoms with E-state index in [1.165, 1.54) is 25.7 Å². The van der Waals surface area contributed by atoms with Gasteiger partial charge >= 0.3 is 0 Å². The lowest BCUT2D eigenvalue weighted by Gasteiger charge is -2.16. The van der Waals surface area contributed by atoms with Gasteiger partial charge in [0.15, 0.2) is 6.29 Å². The number of aldehydes is 1. The van der Waals surface area contributed by atoms with Crippen molar-refractivity contribution in [3.8, 4) is 0 Å². The molecule has 2 nitrogen and oxygen atoms in total. The highest BCUT2D eigenvalue weighted by Gasteiger charge is 2.27. The Balaban J connectivity index is 2.35. The maximum atomic E-state index is 11.0. The van der Waals surface area contributed by atoms with Crippen LogP contribution in [0.5, 0.6) is 0 Å². The molecule has 0 saturated heterocycles. The fourth-order valence-corrected chi connectivity index (χ4v) is 2.51. The Bertz CT molecular complexity index is 376. The van der Waals surface area contributed by atoms with Crippen molar-refractivity contribution in [3.05, 3.63) is 23.2 Å². The summed E-state index contributed by atoms with van der Waals surface area (Å²) in [5, 5.41) is 0. The number of carbonyl (C=O) groups is 1. The monoisotopic (exact) mass is 220 g/mol. The first kappa shape index (κ1) is 11.4. The summed E-state index contributed by atoms with van der Waals surface area (Å²) in [4.78, 5) is 11.0. The van der Waals surface area contributed by atoms with Gasteiger partial charge in [0.1, 0.15) is 11.5 Å². The molecule has 0 aromatic carbocycles. The molecule has 1 heterocycles. The van der Waals surface area contributed by atoms with Crippen molar-refractivity contribution in [3.63, 3.8) is 0 Å². The molecule has 1 aromatic heterocycles. The topological polar surface area (TPSA) is 30.2 Å². The van der Waals surface area contributed by atoms with Gasteiger partial charge in [-0.15, -0.1) is 0 Å². The van der Waals surface area contributed by atoms with E-state index in [0.29, 0.717) is 5.92 Å². The third-order valence-corrected chi connectivity index (χ3v) is 3.35. The van der Waals surface area contributed by atoms with E-state index in [0.717, 1.165) is 23.4 Å². The fraction of sp³-hybridized carbons (Fsp3) is 0.643. The molecular weight excluding hydrogens is 200 g/mol. The number of rotatable bonds is 2. The third kappa shape index (κ3) is 2.06. The van der Waals surface area contributed by atoms with Crippen LogP contribution in [0.15, 0.2) is 10.5 Å². The van der Waals surface area contributed by atoms with Crippen LogP contribution in [0.2, 0.25) is 0 Å². The summed E-state index contributed by atoms with van der Waals surface area (Å²) in [7, 11) is 0. The Kier molecular flexibility index (Phi) is 2.92. The van der Waals surface area contributed by atoms with Gasteiger partial charge in [0.2, 0.25) is 0 Å². The molecule has 16 heavy (non-hydrogen) atoms. The molecule has 1 saturated carbocycles. The zero-order valence-corrected chi connectivity index (χ0v) is 10.4. The Morgan fingerprint density at radius 1 is 1.31 bits per heavy atom. The Morgan fingerprint density at radius 3 is 2.38 bits per heavy atom. The van der Waals surface area contributed by atoms with Gasteiger partial charge in [0.05, 0.1) is 5.56 Å². The van der Waals surface area contributed by atoms with Crippen LogP contribution in [0.1, 0.15) is 74.3 Å². The first-order valence-electron chi connectivity index (χ1n) is 6.12.